The zero-order chi connectivity index (χ0) is 17.9. The molecule has 0 saturated carbocycles. The maximum atomic E-state index is 13.3. The van der Waals surface area contributed by atoms with Crippen molar-refractivity contribution < 1.29 is 18.3 Å². The summed E-state index contributed by atoms with van der Waals surface area (Å²) in [6.45, 7) is 5.13. The average molecular weight is 354 g/mol. The van der Waals surface area contributed by atoms with Crippen molar-refractivity contribution in [2.45, 2.75) is 32.9 Å². The summed E-state index contributed by atoms with van der Waals surface area (Å²) < 4.78 is 31.9. The molecule has 2 rings (SSSR count). The molecule has 2 atom stereocenters. The molecule has 2 aromatic carbocycles. The molecule has 0 aliphatic rings. The van der Waals surface area contributed by atoms with E-state index in [1.165, 1.54) is 6.07 Å². The lowest BCUT2D eigenvalue weighted by Gasteiger charge is -2.20. The van der Waals surface area contributed by atoms with Crippen LogP contribution in [0.15, 0.2) is 36.4 Å². The molecule has 0 unspecified atom stereocenters. The summed E-state index contributed by atoms with van der Waals surface area (Å²) in [5.74, 6) is -1.68. The quantitative estimate of drug-likeness (QED) is 0.855. The number of aryl methyl sites for hydroxylation is 1. The average Bonchev–Trinajstić information content (AvgIpc) is 2.52. The summed E-state index contributed by atoms with van der Waals surface area (Å²) in [4.78, 5) is 12.2. The van der Waals surface area contributed by atoms with Gasteiger partial charge in [-0.1, -0.05) is 17.7 Å². The van der Waals surface area contributed by atoms with Crippen molar-refractivity contribution >= 4 is 17.5 Å². The van der Waals surface area contributed by atoms with Gasteiger partial charge < -0.3 is 10.1 Å². The molecule has 0 aromatic heterocycles. The normalized spacial score (nSPS) is 13.2. The summed E-state index contributed by atoms with van der Waals surface area (Å²) >= 11 is 5.88. The van der Waals surface area contributed by atoms with E-state index in [4.69, 9.17) is 16.3 Å². The van der Waals surface area contributed by atoms with Crippen LogP contribution in [0.5, 0.6) is 5.75 Å². The van der Waals surface area contributed by atoms with Gasteiger partial charge in [-0.05, 0) is 62.2 Å². The summed E-state index contributed by atoms with van der Waals surface area (Å²) in [5.41, 5.74) is 1.29. The van der Waals surface area contributed by atoms with Gasteiger partial charge in [0.25, 0.3) is 5.91 Å². The molecule has 1 amide bonds. The molecule has 0 aliphatic heterocycles. The van der Waals surface area contributed by atoms with Gasteiger partial charge in [-0.3, -0.25) is 4.79 Å². The number of hydrogen-bond donors (Lipinski definition) is 1. The van der Waals surface area contributed by atoms with Crippen molar-refractivity contribution in [1.82, 2.24) is 5.32 Å². The summed E-state index contributed by atoms with van der Waals surface area (Å²) in [5, 5.41) is 3.30. The maximum Gasteiger partial charge on any atom is 0.261 e. The van der Waals surface area contributed by atoms with E-state index in [1.807, 2.05) is 6.92 Å². The van der Waals surface area contributed by atoms with E-state index in [0.29, 0.717) is 16.3 Å². The minimum absolute atomic E-state index is 0.360. The van der Waals surface area contributed by atoms with Crippen molar-refractivity contribution in [3.63, 3.8) is 0 Å². The first-order valence-corrected chi connectivity index (χ1v) is 7.84. The largest absolute Gasteiger partial charge is 0.481 e. The van der Waals surface area contributed by atoms with Crippen LogP contribution in [0.2, 0.25) is 5.02 Å². The molecule has 0 bridgehead atoms. The SMILES string of the molecule is Cc1cc(Cl)ccc1O[C@@H](C)C(=O)N[C@@H](C)c1ccc(F)c(F)c1. The number of ether oxygens (including phenoxy) is 1. The first-order valence-electron chi connectivity index (χ1n) is 7.46. The fourth-order valence-electron chi connectivity index (χ4n) is 2.18. The lowest BCUT2D eigenvalue weighted by atomic mass is 10.1. The van der Waals surface area contributed by atoms with Crippen molar-refractivity contribution in [2.24, 2.45) is 0 Å². The van der Waals surface area contributed by atoms with Crippen molar-refractivity contribution in [3.8, 4) is 5.75 Å². The monoisotopic (exact) mass is 353 g/mol. The number of carbonyl (C=O) groups is 1. The predicted octanol–water partition coefficient (Wildman–Crippen LogP) is 4.57. The number of benzene rings is 2. The Labute approximate surface area is 144 Å². The molecule has 2 aromatic rings. The predicted molar refractivity (Wildman–Crippen MR) is 89.2 cm³/mol. The highest BCUT2D eigenvalue weighted by Gasteiger charge is 2.19. The van der Waals surface area contributed by atoms with Gasteiger partial charge >= 0.3 is 0 Å². The standard InChI is InChI=1S/C18H18ClF2NO2/c1-10-8-14(19)5-7-17(10)24-12(3)18(23)22-11(2)13-4-6-15(20)16(21)9-13/h4-9,11-12H,1-3H3,(H,22,23)/t11-,12-/m0/s1. The fourth-order valence-corrected chi connectivity index (χ4v) is 2.41. The molecular weight excluding hydrogens is 336 g/mol. The molecule has 0 heterocycles. The molecular formula is C18H18ClF2NO2. The third-order valence-electron chi connectivity index (χ3n) is 3.61. The zero-order valence-electron chi connectivity index (χ0n) is 13.6. The Morgan fingerprint density at radius 1 is 1.12 bits per heavy atom. The number of rotatable bonds is 5. The molecule has 0 spiro atoms. The van der Waals surface area contributed by atoms with Gasteiger partial charge in [-0.15, -0.1) is 0 Å². The molecule has 3 nitrogen and oxygen atoms in total. The molecule has 128 valence electrons. The molecule has 24 heavy (non-hydrogen) atoms. The zero-order valence-corrected chi connectivity index (χ0v) is 14.3. The number of halogens is 3. The van der Waals surface area contributed by atoms with E-state index in [9.17, 15) is 13.6 Å². The first-order chi connectivity index (χ1) is 11.3. The molecule has 0 fully saturated rings. The van der Waals surface area contributed by atoms with Crippen LogP contribution >= 0.6 is 11.6 Å². The Bertz CT molecular complexity index is 752. The highest BCUT2D eigenvalue weighted by atomic mass is 35.5. The molecule has 0 radical (unpaired) electrons. The summed E-state index contributed by atoms with van der Waals surface area (Å²) in [6.07, 6.45) is -0.752. The lowest BCUT2D eigenvalue weighted by Crippen LogP contribution is -2.37. The fraction of sp³-hybridized carbons (Fsp3) is 0.278. The highest BCUT2D eigenvalue weighted by Crippen LogP contribution is 2.23. The van der Waals surface area contributed by atoms with Crippen LogP contribution in [-0.2, 0) is 4.79 Å². The number of nitrogens with one attached hydrogen (secondary N) is 1. The van der Waals surface area contributed by atoms with Crippen LogP contribution in [0.25, 0.3) is 0 Å². The summed E-state index contributed by atoms with van der Waals surface area (Å²) in [7, 11) is 0. The molecule has 0 saturated heterocycles. The Balaban J connectivity index is 2.01. The smallest absolute Gasteiger partial charge is 0.261 e. The minimum atomic E-state index is -0.949. The second-order valence-electron chi connectivity index (χ2n) is 5.57. The third kappa shape index (κ3) is 4.45. The van der Waals surface area contributed by atoms with E-state index < -0.39 is 23.8 Å². The molecule has 1 N–H and O–H groups in total. The van der Waals surface area contributed by atoms with Crippen LogP contribution in [0.3, 0.4) is 0 Å². The second kappa shape index (κ2) is 7.62. The maximum absolute atomic E-state index is 13.3. The van der Waals surface area contributed by atoms with Crippen LogP contribution < -0.4 is 10.1 Å². The van der Waals surface area contributed by atoms with Crippen molar-refractivity contribution in [2.75, 3.05) is 0 Å². The van der Waals surface area contributed by atoms with E-state index in [2.05, 4.69) is 5.32 Å². The van der Waals surface area contributed by atoms with Crippen molar-refractivity contribution in [1.29, 1.82) is 0 Å². The summed E-state index contributed by atoms with van der Waals surface area (Å²) in [6, 6.07) is 8.16. The van der Waals surface area contributed by atoms with Crippen LogP contribution in [0, 0.1) is 18.6 Å². The van der Waals surface area contributed by atoms with Gasteiger partial charge in [-0.25, -0.2) is 8.78 Å². The van der Waals surface area contributed by atoms with Crippen LogP contribution in [0.1, 0.15) is 31.0 Å². The molecule has 6 heteroatoms. The highest BCUT2D eigenvalue weighted by molar-refractivity contribution is 6.30. The van der Waals surface area contributed by atoms with Gasteiger partial charge in [0.2, 0.25) is 0 Å². The topological polar surface area (TPSA) is 38.3 Å². The Morgan fingerprint density at radius 3 is 2.46 bits per heavy atom. The first kappa shape index (κ1) is 18.2. The third-order valence-corrected chi connectivity index (χ3v) is 3.85. The Morgan fingerprint density at radius 2 is 1.83 bits per heavy atom. The Kier molecular flexibility index (Phi) is 5.78. The van der Waals surface area contributed by atoms with Gasteiger partial charge in [0.1, 0.15) is 5.75 Å². The number of amides is 1. The Hall–Kier alpha value is -2.14. The molecule has 0 aliphatic carbocycles. The van der Waals surface area contributed by atoms with Crippen LogP contribution in [-0.4, -0.2) is 12.0 Å². The van der Waals surface area contributed by atoms with E-state index in [0.717, 1.165) is 17.7 Å². The minimum Gasteiger partial charge on any atom is -0.481 e. The van der Waals surface area contributed by atoms with Gasteiger partial charge in [0, 0.05) is 5.02 Å². The van der Waals surface area contributed by atoms with Crippen molar-refractivity contribution in [3.05, 3.63) is 64.2 Å². The van der Waals surface area contributed by atoms with E-state index in [1.54, 1.807) is 32.0 Å². The second-order valence-corrected chi connectivity index (χ2v) is 6.01. The number of carbonyl (C=O) groups excluding carboxylic acids is 1. The van der Waals surface area contributed by atoms with Gasteiger partial charge in [-0.2, -0.15) is 0 Å². The number of hydrogen-bond acceptors (Lipinski definition) is 2. The van der Waals surface area contributed by atoms with Gasteiger partial charge in [0.15, 0.2) is 17.7 Å². The lowest BCUT2D eigenvalue weighted by molar-refractivity contribution is -0.127. The van der Waals surface area contributed by atoms with E-state index in [-0.39, 0.29) is 5.91 Å². The van der Waals surface area contributed by atoms with E-state index >= 15 is 0 Å². The van der Waals surface area contributed by atoms with Crippen LogP contribution in [0.4, 0.5) is 8.78 Å². The van der Waals surface area contributed by atoms with Gasteiger partial charge in [0.05, 0.1) is 6.04 Å².